The van der Waals surface area contributed by atoms with Crippen LogP contribution in [0.4, 0.5) is 0 Å². The summed E-state index contributed by atoms with van der Waals surface area (Å²) in [5.74, 6) is -1.32. The molecule has 0 saturated heterocycles. The molecule has 0 aliphatic carbocycles. The van der Waals surface area contributed by atoms with Crippen molar-refractivity contribution >= 4 is 23.2 Å². The van der Waals surface area contributed by atoms with Gasteiger partial charge in [-0.05, 0) is 66.4 Å². The van der Waals surface area contributed by atoms with E-state index in [1.807, 2.05) is 49.6 Å². The maximum Gasteiger partial charge on any atom is 0.329 e. The molecule has 0 spiro atoms. The summed E-state index contributed by atoms with van der Waals surface area (Å²) in [4.78, 5) is 26.6. The van der Waals surface area contributed by atoms with E-state index in [4.69, 9.17) is 0 Å². The average molecular weight is 408 g/mol. The number of aryl methyl sites for hydroxylation is 2. The summed E-state index contributed by atoms with van der Waals surface area (Å²) in [5, 5.41) is 14.1. The van der Waals surface area contributed by atoms with Gasteiger partial charge in [-0.2, -0.15) is 11.3 Å². The third-order valence-corrected chi connectivity index (χ3v) is 6.01. The van der Waals surface area contributed by atoms with Crippen molar-refractivity contribution in [3.8, 4) is 11.1 Å². The number of benzene rings is 2. The molecule has 1 N–H and O–H groups in total. The Morgan fingerprint density at radius 1 is 1.00 bits per heavy atom. The number of carbonyl (C=O) groups is 2. The summed E-state index contributed by atoms with van der Waals surface area (Å²) < 4.78 is 0. The Balaban J connectivity index is 1.86. The van der Waals surface area contributed by atoms with Gasteiger partial charge in [0.1, 0.15) is 5.54 Å². The molecular weight excluding hydrogens is 382 g/mol. The number of thiophene rings is 1. The van der Waals surface area contributed by atoms with E-state index in [2.05, 4.69) is 11.4 Å². The van der Waals surface area contributed by atoms with Crippen molar-refractivity contribution in [3.05, 3.63) is 81.5 Å². The number of amides is 1. The molecule has 0 bridgehead atoms. The van der Waals surface area contributed by atoms with Crippen molar-refractivity contribution in [1.29, 1.82) is 0 Å². The highest BCUT2D eigenvalue weighted by atomic mass is 32.1. The number of likely N-dealkylation sites (N-methyl/N-ethyl adjacent to an activating group) is 1. The molecule has 1 aromatic heterocycles. The minimum Gasteiger partial charge on any atom is -0.479 e. The van der Waals surface area contributed by atoms with Gasteiger partial charge in [0.05, 0.1) is 0 Å². The van der Waals surface area contributed by atoms with E-state index in [1.54, 1.807) is 37.4 Å². The van der Waals surface area contributed by atoms with Crippen LogP contribution in [0.5, 0.6) is 0 Å². The van der Waals surface area contributed by atoms with Crippen LogP contribution in [0.2, 0.25) is 0 Å². The lowest BCUT2D eigenvalue weighted by atomic mass is 9.89. The van der Waals surface area contributed by atoms with Gasteiger partial charge < -0.3 is 10.0 Å². The highest BCUT2D eigenvalue weighted by molar-refractivity contribution is 7.08. The second kappa shape index (κ2) is 8.21. The first-order chi connectivity index (χ1) is 13.7. The molecule has 5 heteroatoms. The van der Waals surface area contributed by atoms with Gasteiger partial charge in [0.25, 0.3) is 5.91 Å². The molecule has 1 heterocycles. The predicted molar refractivity (Wildman–Crippen MR) is 118 cm³/mol. The number of carboxylic acids is 1. The highest BCUT2D eigenvalue weighted by Crippen LogP contribution is 2.26. The van der Waals surface area contributed by atoms with Crippen molar-refractivity contribution in [2.24, 2.45) is 0 Å². The summed E-state index contributed by atoms with van der Waals surface area (Å²) in [6.07, 6.45) is 0.222. The Kier molecular flexibility index (Phi) is 5.89. The largest absolute Gasteiger partial charge is 0.479 e. The normalized spacial score (nSPS) is 13.0. The Morgan fingerprint density at radius 3 is 2.14 bits per heavy atom. The van der Waals surface area contributed by atoms with Crippen LogP contribution >= 0.6 is 11.3 Å². The fraction of sp³-hybridized carbons (Fsp3) is 0.250. The molecule has 0 aliphatic heterocycles. The maximum atomic E-state index is 13.1. The number of hydrogen-bond acceptors (Lipinski definition) is 3. The van der Waals surface area contributed by atoms with E-state index in [1.165, 1.54) is 4.90 Å². The first-order valence-corrected chi connectivity index (χ1v) is 10.4. The van der Waals surface area contributed by atoms with Crippen molar-refractivity contribution in [1.82, 2.24) is 4.90 Å². The molecule has 150 valence electrons. The molecule has 0 aliphatic rings. The van der Waals surface area contributed by atoms with Gasteiger partial charge in [0.2, 0.25) is 0 Å². The number of carboxylic acid groups (broad SMARTS) is 1. The van der Waals surface area contributed by atoms with Crippen LogP contribution in [0.1, 0.15) is 34.0 Å². The van der Waals surface area contributed by atoms with Crippen molar-refractivity contribution in [2.75, 3.05) is 7.05 Å². The van der Waals surface area contributed by atoms with Crippen molar-refractivity contribution in [2.45, 2.75) is 32.7 Å². The quantitative estimate of drug-likeness (QED) is 0.612. The first kappa shape index (κ1) is 20.8. The number of hydrogen-bond donors (Lipinski definition) is 1. The maximum absolute atomic E-state index is 13.1. The molecule has 29 heavy (non-hydrogen) atoms. The van der Waals surface area contributed by atoms with Crippen LogP contribution in [-0.2, 0) is 11.2 Å². The standard InChI is InChI=1S/C24H25NO3S/c1-16-11-17(2)13-21(12-16)22(26)25(4)24(3,23(27)28)14-18-5-7-19(8-6-18)20-9-10-29-15-20/h5-13,15H,14H2,1-4H3,(H,27,28). The van der Waals surface area contributed by atoms with E-state index in [-0.39, 0.29) is 12.3 Å². The lowest BCUT2D eigenvalue weighted by Gasteiger charge is -2.35. The fourth-order valence-electron chi connectivity index (χ4n) is 3.49. The van der Waals surface area contributed by atoms with E-state index in [9.17, 15) is 14.7 Å². The zero-order valence-corrected chi connectivity index (χ0v) is 17.9. The molecular formula is C24H25NO3S. The zero-order chi connectivity index (χ0) is 21.2. The average Bonchev–Trinajstić information content (AvgIpc) is 3.21. The van der Waals surface area contributed by atoms with Gasteiger partial charge in [-0.25, -0.2) is 4.79 Å². The van der Waals surface area contributed by atoms with Gasteiger partial charge in [-0.3, -0.25) is 4.79 Å². The van der Waals surface area contributed by atoms with E-state index < -0.39 is 11.5 Å². The lowest BCUT2D eigenvalue weighted by molar-refractivity contribution is -0.148. The topological polar surface area (TPSA) is 57.6 Å². The molecule has 3 aromatic rings. The highest BCUT2D eigenvalue weighted by Gasteiger charge is 2.40. The van der Waals surface area contributed by atoms with Gasteiger partial charge in [-0.1, -0.05) is 41.5 Å². The first-order valence-electron chi connectivity index (χ1n) is 9.42. The molecule has 0 saturated carbocycles. The summed E-state index contributed by atoms with van der Waals surface area (Å²) in [5.41, 5.74) is 4.19. The number of rotatable bonds is 6. The van der Waals surface area contributed by atoms with Gasteiger partial charge >= 0.3 is 5.97 Å². The zero-order valence-electron chi connectivity index (χ0n) is 17.1. The monoisotopic (exact) mass is 407 g/mol. The lowest BCUT2D eigenvalue weighted by Crippen LogP contribution is -2.54. The van der Waals surface area contributed by atoms with Crippen molar-refractivity contribution in [3.63, 3.8) is 0 Å². The van der Waals surface area contributed by atoms with Gasteiger partial charge in [0.15, 0.2) is 0 Å². The summed E-state index contributed by atoms with van der Waals surface area (Å²) in [6.45, 7) is 5.45. The molecule has 3 rings (SSSR count). The molecule has 1 amide bonds. The van der Waals surface area contributed by atoms with Crippen LogP contribution in [0, 0.1) is 13.8 Å². The SMILES string of the molecule is Cc1cc(C)cc(C(=O)N(C)C(C)(Cc2ccc(-c3ccsc3)cc2)C(=O)O)c1. The molecule has 2 aromatic carbocycles. The predicted octanol–water partition coefficient (Wildman–Crippen LogP) is 5.19. The second-order valence-corrected chi connectivity index (χ2v) is 8.49. The molecule has 1 unspecified atom stereocenters. The number of nitrogens with zero attached hydrogens (tertiary/aromatic N) is 1. The third-order valence-electron chi connectivity index (χ3n) is 5.33. The summed E-state index contributed by atoms with van der Waals surface area (Å²) in [7, 11) is 1.56. The van der Waals surface area contributed by atoms with Crippen molar-refractivity contribution < 1.29 is 14.7 Å². The fourth-order valence-corrected chi connectivity index (χ4v) is 4.16. The van der Waals surface area contributed by atoms with Gasteiger partial charge in [0, 0.05) is 19.0 Å². The van der Waals surface area contributed by atoms with Crippen LogP contribution in [0.15, 0.2) is 59.3 Å². The third kappa shape index (κ3) is 4.40. The summed E-state index contributed by atoms with van der Waals surface area (Å²) in [6, 6.07) is 15.5. The Bertz CT molecular complexity index is 1000. The minimum absolute atomic E-state index is 0.222. The Morgan fingerprint density at radius 2 is 1.62 bits per heavy atom. The molecule has 4 nitrogen and oxygen atoms in total. The van der Waals surface area contributed by atoms with E-state index >= 15 is 0 Å². The van der Waals surface area contributed by atoms with Crippen LogP contribution in [0.3, 0.4) is 0 Å². The summed E-state index contributed by atoms with van der Waals surface area (Å²) >= 11 is 1.64. The number of aliphatic carboxylic acids is 1. The Hall–Kier alpha value is -2.92. The minimum atomic E-state index is -1.36. The molecule has 0 fully saturated rings. The number of carbonyl (C=O) groups excluding carboxylic acids is 1. The van der Waals surface area contributed by atoms with Crippen LogP contribution in [0.25, 0.3) is 11.1 Å². The molecule has 0 radical (unpaired) electrons. The van der Waals surface area contributed by atoms with Crippen LogP contribution < -0.4 is 0 Å². The second-order valence-electron chi connectivity index (χ2n) is 7.71. The van der Waals surface area contributed by atoms with E-state index in [0.717, 1.165) is 27.8 Å². The van der Waals surface area contributed by atoms with Gasteiger partial charge in [-0.15, -0.1) is 0 Å². The molecule has 1 atom stereocenters. The smallest absolute Gasteiger partial charge is 0.329 e. The van der Waals surface area contributed by atoms with Crippen LogP contribution in [-0.4, -0.2) is 34.5 Å². The van der Waals surface area contributed by atoms with E-state index in [0.29, 0.717) is 5.56 Å². The Labute approximate surface area is 175 Å².